The van der Waals surface area contributed by atoms with Crippen LogP contribution < -0.4 is 5.56 Å². The lowest BCUT2D eigenvalue weighted by Crippen LogP contribution is -2.43. The highest BCUT2D eigenvalue weighted by Gasteiger charge is 2.41. The Bertz CT molecular complexity index is 1470. The van der Waals surface area contributed by atoms with Crippen molar-refractivity contribution in [3.05, 3.63) is 93.9 Å². The summed E-state index contributed by atoms with van der Waals surface area (Å²) >= 11 is 0. The summed E-state index contributed by atoms with van der Waals surface area (Å²) in [6.45, 7) is 6.55. The molecule has 38 heavy (non-hydrogen) atoms. The van der Waals surface area contributed by atoms with Crippen LogP contribution in [0.15, 0.2) is 71.5 Å². The molecule has 3 heterocycles. The summed E-state index contributed by atoms with van der Waals surface area (Å²) in [5, 5.41) is 1.24. The number of hydrogen-bond donors (Lipinski definition) is 1. The van der Waals surface area contributed by atoms with Crippen molar-refractivity contribution >= 4 is 10.9 Å². The standard InChI is InChI=1S/C33H40N4O/c1-4-24-14-16-32(38)34-33(24)25-13-15-30-27(17-25)18-28(36(30)3)21-37-20-26-11-8-12-31(29(26)22-37)35(2)19-23-9-6-5-7-10-23/h5-7,9-10,13-18,26,29,31H,4,8,11-12,19-22H2,1-3H3,(H,34,38)/t26-,29+,31-/m1/s1. The first kappa shape index (κ1) is 25.1. The number of aromatic amines is 1. The Hall–Kier alpha value is -3.15. The summed E-state index contributed by atoms with van der Waals surface area (Å²) in [5.41, 5.74) is 7.18. The van der Waals surface area contributed by atoms with E-state index in [2.05, 4.69) is 95.0 Å². The third kappa shape index (κ3) is 4.85. The van der Waals surface area contributed by atoms with Crippen molar-refractivity contribution in [1.29, 1.82) is 0 Å². The molecule has 0 radical (unpaired) electrons. The zero-order chi connectivity index (χ0) is 26.2. The molecule has 3 atom stereocenters. The van der Waals surface area contributed by atoms with Gasteiger partial charge >= 0.3 is 0 Å². The maximum absolute atomic E-state index is 12.0. The molecule has 5 nitrogen and oxygen atoms in total. The SMILES string of the molecule is CCc1ccc(=O)[nH]c1-c1ccc2c(c1)cc(CN1C[C@H]3CCC[C@@H](N(C)Cc4ccccc4)[C@H]3C1)n2C. The second-order valence-electron chi connectivity index (χ2n) is 11.6. The van der Waals surface area contributed by atoms with Crippen LogP contribution in [0.2, 0.25) is 0 Å². The van der Waals surface area contributed by atoms with E-state index in [-0.39, 0.29) is 5.56 Å². The second-order valence-corrected chi connectivity index (χ2v) is 11.6. The average Bonchev–Trinajstić information content (AvgIpc) is 3.48. The summed E-state index contributed by atoms with van der Waals surface area (Å²) in [6, 6.07) is 24.1. The van der Waals surface area contributed by atoms with Gasteiger partial charge in [0.15, 0.2) is 0 Å². The first-order valence-electron chi connectivity index (χ1n) is 14.3. The average molecular weight is 509 g/mol. The fraction of sp³-hybridized carbons (Fsp3) is 0.424. The summed E-state index contributed by atoms with van der Waals surface area (Å²) in [4.78, 5) is 20.4. The number of likely N-dealkylation sites (tertiary alicyclic amines) is 1. The quantitative estimate of drug-likeness (QED) is 0.342. The van der Waals surface area contributed by atoms with Crippen molar-refractivity contribution in [1.82, 2.24) is 19.4 Å². The highest BCUT2D eigenvalue weighted by Crippen LogP contribution is 2.39. The number of benzene rings is 2. The van der Waals surface area contributed by atoms with E-state index >= 15 is 0 Å². The van der Waals surface area contributed by atoms with Gasteiger partial charge in [0.2, 0.25) is 5.56 Å². The van der Waals surface area contributed by atoms with Crippen molar-refractivity contribution in [2.75, 3.05) is 20.1 Å². The fourth-order valence-corrected chi connectivity index (χ4v) is 7.20. The van der Waals surface area contributed by atoms with E-state index in [0.717, 1.165) is 42.6 Å². The molecule has 2 aromatic heterocycles. The first-order chi connectivity index (χ1) is 18.5. The summed E-state index contributed by atoms with van der Waals surface area (Å²) < 4.78 is 2.36. The van der Waals surface area contributed by atoms with Gasteiger partial charge in [0.05, 0.1) is 5.69 Å². The van der Waals surface area contributed by atoms with Gasteiger partial charge in [-0.25, -0.2) is 0 Å². The number of nitrogens with one attached hydrogen (secondary N) is 1. The third-order valence-electron chi connectivity index (χ3n) is 9.18. The molecule has 2 fully saturated rings. The van der Waals surface area contributed by atoms with Crippen LogP contribution in [0, 0.1) is 11.8 Å². The smallest absolute Gasteiger partial charge is 0.248 e. The highest BCUT2D eigenvalue weighted by molar-refractivity contribution is 5.86. The minimum atomic E-state index is -0.0470. The molecule has 2 aromatic carbocycles. The van der Waals surface area contributed by atoms with Crippen LogP contribution in [0.4, 0.5) is 0 Å². The molecule has 5 heteroatoms. The molecule has 1 saturated heterocycles. The maximum atomic E-state index is 12.0. The van der Waals surface area contributed by atoms with Gasteiger partial charge < -0.3 is 9.55 Å². The molecule has 1 aliphatic carbocycles. The molecule has 2 aliphatic rings. The predicted octanol–water partition coefficient (Wildman–Crippen LogP) is 5.83. The van der Waals surface area contributed by atoms with Crippen molar-refractivity contribution in [2.45, 2.75) is 51.7 Å². The second kappa shape index (κ2) is 10.5. The molecule has 0 spiro atoms. The number of aryl methyl sites for hydroxylation is 2. The lowest BCUT2D eigenvalue weighted by Gasteiger charge is -2.39. The fourth-order valence-electron chi connectivity index (χ4n) is 7.20. The van der Waals surface area contributed by atoms with Gasteiger partial charge in [-0.3, -0.25) is 14.6 Å². The molecule has 0 bridgehead atoms. The molecular formula is C33H40N4O. The van der Waals surface area contributed by atoms with E-state index in [1.807, 2.05) is 6.07 Å². The van der Waals surface area contributed by atoms with Crippen molar-refractivity contribution in [2.24, 2.45) is 18.9 Å². The topological polar surface area (TPSA) is 44.3 Å². The van der Waals surface area contributed by atoms with Gasteiger partial charge in [-0.15, -0.1) is 0 Å². The molecule has 0 amide bonds. The first-order valence-corrected chi connectivity index (χ1v) is 14.3. The maximum Gasteiger partial charge on any atom is 0.248 e. The third-order valence-corrected chi connectivity index (χ3v) is 9.18. The molecule has 4 aromatic rings. The number of nitrogens with zero attached hydrogens (tertiary/aromatic N) is 3. The van der Waals surface area contributed by atoms with E-state index in [1.54, 1.807) is 6.07 Å². The Morgan fingerprint density at radius 3 is 2.66 bits per heavy atom. The summed E-state index contributed by atoms with van der Waals surface area (Å²) in [7, 11) is 4.52. The Morgan fingerprint density at radius 2 is 1.84 bits per heavy atom. The van der Waals surface area contributed by atoms with E-state index in [1.165, 1.54) is 60.1 Å². The number of pyridine rings is 1. The number of fused-ring (bicyclic) bond motifs is 2. The van der Waals surface area contributed by atoms with Crippen LogP contribution in [0.25, 0.3) is 22.2 Å². The molecule has 198 valence electrons. The monoisotopic (exact) mass is 508 g/mol. The van der Waals surface area contributed by atoms with E-state index in [0.29, 0.717) is 6.04 Å². The van der Waals surface area contributed by atoms with E-state index < -0.39 is 0 Å². The zero-order valence-corrected chi connectivity index (χ0v) is 23.0. The normalized spacial score (nSPS) is 21.8. The lowest BCUT2D eigenvalue weighted by molar-refractivity contribution is 0.105. The Balaban J connectivity index is 1.20. The summed E-state index contributed by atoms with van der Waals surface area (Å²) in [6.07, 6.45) is 4.92. The number of aromatic nitrogens is 2. The number of H-pyrrole nitrogens is 1. The Morgan fingerprint density at radius 1 is 1.00 bits per heavy atom. The van der Waals surface area contributed by atoms with Crippen LogP contribution in [0.3, 0.4) is 0 Å². The molecule has 0 unspecified atom stereocenters. The number of rotatable bonds is 7. The van der Waals surface area contributed by atoms with Crippen molar-refractivity contribution in [3.63, 3.8) is 0 Å². The van der Waals surface area contributed by atoms with Gasteiger partial charge in [0.1, 0.15) is 0 Å². The predicted molar refractivity (Wildman–Crippen MR) is 156 cm³/mol. The van der Waals surface area contributed by atoms with E-state index in [4.69, 9.17) is 0 Å². The minimum absolute atomic E-state index is 0.0470. The molecular weight excluding hydrogens is 468 g/mol. The number of hydrogen-bond acceptors (Lipinski definition) is 3. The molecule has 1 saturated carbocycles. The van der Waals surface area contributed by atoms with Crippen LogP contribution in [0.1, 0.15) is 43.0 Å². The largest absolute Gasteiger partial charge is 0.346 e. The Kier molecular flexibility index (Phi) is 6.98. The Labute approximate surface area is 226 Å². The van der Waals surface area contributed by atoms with Crippen LogP contribution >= 0.6 is 0 Å². The molecule has 1 N–H and O–H groups in total. The van der Waals surface area contributed by atoms with E-state index in [9.17, 15) is 4.79 Å². The zero-order valence-electron chi connectivity index (χ0n) is 23.0. The van der Waals surface area contributed by atoms with Crippen LogP contribution in [-0.4, -0.2) is 45.5 Å². The summed E-state index contributed by atoms with van der Waals surface area (Å²) in [5.74, 6) is 1.55. The minimum Gasteiger partial charge on any atom is -0.346 e. The van der Waals surface area contributed by atoms with Gasteiger partial charge in [-0.05, 0) is 73.0 Å². The van der Waals surface area contributed by atoms with Gasteiger partial charge in [0.25, 0.3) is 0 Å². The van der Waals surface area contributed by atoms with Crippen LogP contribution in [-0.2, 0) is 26.6 Å². The van der Waals surface area contributed by atoms with Crippen LogP contribution in [0.5, 0.6) is 0 Å². The van der Waals surface area contributed by atoms with Crippen molar-refractivity contribution < 1.29 is 0 Å². The molecule has 6 rings (SSSR count). The molecule has 1 aliphatic heterocycles. The highest BCUT2D eigenvalue weighted by atomic mass is 16.1. The lowest BCUT2D eigenvalue weighted by atomic mass is 9.77. The van der Waals surface area contributed by atoms with Gasteiger partial charge in [-0.2, -0.15) is 0 Å². The van der Waals surface area contributed by atoms with Crippen molar-refractivity contribution in [3.8, 4) is 11.3 Å². The van der Waals surface area contributed by atoms with Gasteiger partial charge in [-0.1, -0.05) is 55.8 Å². The van der Waals surface area contributed by atoms with Gasteiger partial charge in [0, 0.05) is 61.9 Å².